The molecule has 1 aliphatic heterocycles. The van der Waals surface area contributed by atoms with E-state index in [1.807, 2.05) is 0 Å². The number of nitrogens with one attached hydrogen (secondary N) is 2. The molecule has 7 nitrogen and oxygen atoms in total. The molecule has 1 aliphatic rings. The molecule has 0 atom stereocenters. The third-order valence-electron chi connectivity index (χ3n) is 3.79. The van der Waals surface area contributed by atoms with Crippen LogP contribution >= 0.6 is 0 Å². The molecule has 2 rings (SSSR count). The van der Waals surface area contributed by atoms with Gasteiger partial charge < -0.3 is 0 Å². The second kappa shape index (κ2) is 6.90. The van der Waals surface area contributed by atoms with Crippen molar-refractivity contribution in [1.29, 1.82) is 0 Å². The molecule has 1 aromatic rings. The minimum Gasteiger partial charge on any atom is -0.273 e. The van der Waals surface area contributed by atoms with Crippen LogP contribution in [0.4, 0.5) is 0 Å². The quantitative estimate of drug-likeness (QED) is 0.800. The largest absolute Gasteiger partial charge is 0.273 e. The fourth-order valence-electron chi connectivity index (χ4n) is 2.23. The van der Waals surface area contributed by atoms with Crippen molar-refractivity contribution in [3.63, 3.8) is 0 Å². The predicted octanol–water partition coefficient (Wildman–Crippen LogP) is 1.28. The van der Waals surface area contributed by atoms with E-state index in [2.05, 4.69) is 10.9 Å². The van der Waals surface area contributed by atoms with Gasteiger partial charge in [-0.15, -0.1) is 0 Å². The lowest BCUT2D eigenvalue weighted by atomic mass is 9.96. The fraction of sp³-hybridized carbons (Fsp3) is 0.500. The Kier molecular flexibility index (Phi) is 5.29. The standard InChI is InChI=1S/C16H23N3O4S/c1-16(2,3)15(21)18-17-14(20)12-6-8-13(9-7-12)24(22,23)19-10-4-5-11-19/h6-9H,4-5,10-11H2,1-3H3,(H,17,20)(H,18,21). The molecule has 0 bridgehead atoms. The molecular weight excluding hydrogens is 330 g/mol. The van der Waals surface area contributed by atoms with Crippen molar-refractivity contribution < 1.29 is 18.0 Å². The van der Waals surface area contributed by atoms with E-state index in [4.69, 9.17) is 0 Å². The van der Waals surface area contributed by atoms with E-state index in [0.717, 1.165) is 12.8 Å². The molecule has 0 aliphatic carbocycles. The third-order valence-corrected chi connectivity index (χ3v) is 5.70. The summed E-state index contributed by atoms with van der Waals surface area (Å²) in [6.07, 6.45) is 1.74. The van der Waals surface area contributed by atoms with E-state index in [1.54, 1.807) is 20.8 Å². The lowest BCUT2D eigenvalue weighted by molar-refractivity contribution is -0.129. The Bertz CT molecular complexity index is 715. The zero-order valence-corrected chi connectivity index (χ0v) is 14.9. The number of sulfonamides is 1. The molecule has 0 saturated carbocycles. The smallest absolute Gasteiger partial charge is 0.269 e. The zero-order valence-electron chi connectivity index (χ0n) is 14.1. The maximum atomic E-state index is 12.4. The molecule has 8 heteroatoms. The van der Waals surface area contributed by atoms with Gasteiger partial charge in [-0.05, 0) is 37.1 Å². The maximum Gasteiger partial charge on any atom is 0.269 e. The van der Waals surface area contributed by atoms with Gasteiger partial charge in [0.1, 0.15) is 0 Å². The average Bonchev–Trinajstić information content (AvgIpc) is 3.06. The Morgan fingerprint density at radius 1 is 1.00 bits per heavy atom. The molecule has 0 spiro atoms. The lowest BCUT2D eigenvalue weighted by Gasteiger charge is -2.18. The van der Waals surface area contributed by atoms with Crippen LogP contribution in [-0.4, -0.2) is 37.6 Å². The van der Waals surface area contributed by atoms with E-state index in [1.165, 1.54) is 28.6 Å². The highest BCUT2D eigenvalue weighted by molar-refractivity contribution is 7.89. The second-order valence-corrected chi connectivity index (χ2v) is 8.73. The van der Waals surface area contributed by atoms with Crippen molar-refractivity contribution in [3.8, 4) is 0 Å². The Hall–Kier alpha value is -1.93. The van der Waals surface area contributed by atoms with Crippen molar-refractivity contribution in [2.24, 2.45) is 5.41 Å². The van der Waals surface area contributed by atoms with Crippen LogP contribution in [0.3, 0.4) is 0 Å². The summed E-state index contributed by atoms with van der Waals surface area (Å²) < 4.78 is 26.3. The number of amides is 2. The molecule has 0 unspecified atom stereocenters. The van der Waals surface area contributed by atoms with Crippen LogP contribution in [0.5, 0.6) is 0 Å². The van der Waals surface area contributed by atoms with E-state index in [-0.39, 0.29) is 16.4 Å². The van der Waals surface area contributed by atoms with Crippen LogP contribution in [0.25, 0.3) is 0 Å². The molecule has 0 radical (unpaired) electrons. The number of benzene rings is 1. The van der Waals surface area contributed by atoms with Gasteiger partial charge in [0.2, 0.25) is 15.9 Å². The third kappa shape index (κ3) is 4.12. The summed E-state index contributed by atoms with van der Waals surface area (Å²) >= 11 is 0. The van der Waals surface area contributed by atoms with E-state index in [9.17, 15) is 18.0 Å². The van der Waals surface area contributed by atoms with Gasteiger partial charge in [0.15, 0.2) is 0 Å². The van der Waals surface area contributed by atoms with Crippen molar-refractivity contribution in [3.05, 3.63) is 29.8 Å². The number of hydrogen-bond acceptors (Lipinski definition) is 4. The minimum atomic E-state index is -3.49. The molecule has 1 aromatic carbocycles. The van der Waals surface area contributed by atoms with Crippen molar-refractivity contribution in [2.75, 3.05) is 13.1 Å². The summed E-state index contributed by atoms with van der Waals surface area (Å²) in [6.45, 7) is 6.25. The summed E-state index contributed by atoms with van der Waals surface area (Å²) in [7, 11) is -3.49. The number of hydrogen-bond donors (Lipinski definition) is 2. The highest BCUT2D eigenvalue weighted by atomic mass is 32.2. The van der Waals surface area contributed by atoms with Gasteiger partial charge in [-0.3, -0.25) is 20.4 Å². The van der Waals surface area contributed by atoms with E-state index < -0.39 is 21.3 Å². The van der Waals surface area contributed by atoms with Gasteiger partial charge in [-0.1, -0.05) is 20.8 Å². The summed E-state index contributed by atoms with van der Waals surface area (Å²) in [6, 6.07) is 5.69. The fourth-order valence-corrected chi connectivity index (χ4v) is 3.75. The molecule has 132 valence electrons. The van der Waals surface area contributed by atoms with Gasteiger partial charge in [-0.2, -0.15) is 4.31 Å². The topological polar surface area (TPSA) is 95.6 Å². The van der Waals surface area contributed by atoms with E-state index >= 15 is 0 Å². The van der Waals surface area contributed by atoms with Crippen LogP contribution in [0.15, 0.2) is 29.2 Å². The van der Waals surface area contributed by atoms with Gasteiger partial charge >= 0.3 is 0 Å². The predicted molar refractivity (Wildman–Crippen MR) is 89.5 cm³/mol. The lowest BCUT2D eigenvalue weighted by Crippen LogP contribution is -2.46. The Morgan fingerprint density at radius 3 is 2.04 bits per heavy atom. The Labute approximate surface area is 142 Å². The highest BCUT2D eigenvalue weighted by Crippen LogP contribution is 2.21. The van der Waals surface area contributed by atoms with E-state index in [0.29, 0.717) is 13.1 Å². The first kappa shape index (κ1) is 18.4. The number of carbonyl (C=O) groups excluding carboxylic acids is 2. The van der Waals surface area contributed by atoms with Gasteiger partial charge in [-0.25, -0.2) is 8.42 Å². The first-order chi connectivity index (χ1) is 11.1. The van der Waals surface area contributed by atoms with Crippen LogP contribution in [0.1, 0.15) is 44.0 Å². The summed E-state index contributed by atoms with van der Waals surface area (Å²) in [5.41, 5.74) is 4.31. The number of carbonyl (C=O) groups is 2. The molecule has 1 heterocycles. The molecule has 2 N–H and O–H groups in total. The minimum absolute atomic E-state index is 0.166. The molecule has 1 fully saturated rings. The SMILES string of the molecule is CC(C)(C)C(=O)NNC(=O)c1ccc(S(=O)(=O)N2CCCC2)cc1. The number of hydrazine groups is 1. The Morgan fingerprint density at radius 2 is 1.54 bits per heavy atom. The van der Waals surface area contributed by atoms with Crippen LogP contribution < -0.4 is 10.9 Å². The first-order valence-corrected chi connectivity index (χ1v) is 9.27. The average molecular weight is 353 g/mol. The first-order valence-electron chi connectivity index (χ1n) is 7.83. The van der Waals surface area contributed by atoms with Gasteiger partial charge in [0, 0.05) is 24.1 Å². The number of rotatable bonds is 3. The molecule has 0 aromatic heterocycles. The van der Waals surface area contributed by atoms with Crippen molar-refractivity contribution >= 4 is 21.8 Å². The molecule has 1 saturated heterocycles. The van der Waals surface area contributed by atoms with Crippen LogP contribution in [0.2, 0.25) is 0 Å². The zero-order chi connectivity index (χ0) is 18.0. The highest BCUT2D eigenvalue weighted by Gasteiger charge is 2.27. The van der Waals surface area contributed by atoms with Crippen LogP contribution in [-0.2, 0) is 14.8 Å². The summed E-state index contributed by atoms with van der Waals surface area (Å²) in [5.74, 6) is -0.818. The summed E-state index contributed by atoms with van der Waals surface area (Å²) in [4.78, 5) is 23.9. The maximum absolute atomic E-state index is 12.4. The number of nitrogens with zero attached hydrogens (tertiary/aromatic N) is 1. The van der Waals surface area contributed by atoms with Crippen molar-refractivity contribution in [2.45, 2.75) is 38.5 Å². The molecule has 2 amide bonds. The Balaban J connectivity index is 2.04. The normalized spacial score (nSPS) is 16.0. The molecule has 24 heavy (non-hydrogen) atoms. The van der Waals surface area contributed by atoms with Gasteiger partial charge in [0.05, 0.1) is 4.90 Å². The summed E-state index contributed by atoms with van der Waals surface area (Å²) in [5, 5.41) is 0. The monoisotopic (exact) mass is 353 g/mol. The second-order valence-electron chi connectivity index (χ2n) is 6.79. The van der Waals surface area contributed by atoms with Gasteiger partial charge in [0.25, 0.3) is 5.91 Å². The molecular formula is C16H23N3O4S. The van der Waals surface area contributed by atoms with Crippen molar-refractivity contribution in [1.82, 2.24) is 15.2 Å². The van der Waals surface area contributed by atoms with Crippen LogP contribution in [0, 0.1) is 5.41 Å².